The summed E-state index contributed by atoms with van der Waals surface area (Å²) < 4.78 is 2.90. The van der Waals surface area contributed by atoms with E-state index in [0.29, 0.717) is 5.69 Å². The molecule has 0 saturated carbocycles. The molecule has 0 N–H and O–H groups in total. The highest BCUT2D eigenvalue weighted by atomic mass is 79.9. The lowest BCUT2D eigenvalue weighted by Crippen LogP contribution is -1.95. The van der Waals surface area contributed by atoms with Gasteiger partial charge in [0.2, 0.25) is 0 Å². The van der Waals surface area contributed by atoms with E-state index in [1.54, 1.807) is 6.20 Å². The molecule has 0 aliphatic rings. The number of aromatic nitrogens is 2. The molecule has 3 nitrogen and oxygen atoms in total. The van der Waals surface area contributed by atoms with Crippen LogP contribution in [0, 0.1) is 6.92 Å². The van der Waals surface area contributed by atoms with Crippen LogP contribution < -0.4 is 0 Å². The Morgan fingerprint density at radius 3 is 2.94 bits per heavy atom. The summed E-state index contributed by atoms with van der Waals surface area (Å²) in [4.78, 5) is 15.2. The summed E-state index contributed by atoms with van der Waals surface area (Å²) in [5.74, 6) is 0. The number of rotatable bonds is 1. The Balaban J connectivity index is 2.60. The minimum absolute atomic E-state index is 0.576. The van der Waals surface area contributed by atoms with Gasteiger partial charge in [0.15, 0.2) is 6.29 Å². The summed E-state index contributed by atoms with van der Waals surface area (Å²) in [6.07, 6.45) is 2.43. The Labute approximate surface area is 106 Å². The second-order valence-corrected chi connectivity index (χ2v) is 4.90. The summed E-state index contributed by atoms with van der Waals surface area (Å²) in [5, 5.41) is 1.12. The van der Waals surface area contributed by atoms with Gasteiger partial charge in [-0.05, 0) is 36.8 Å². The van der Waals surface area contributed by atoms with E-state index >= 15 is 0 Å². The third kappa shape index (κ3) is 1.48. The van der Waals surface area contributed by atoms with E-state index in [9.17, 15) is 4.79 Å². The van der Waals surface area contributed by atoms with Crippen LogP contribution in [0.15, 0.2) is 34.9 Å². The average molecular weight is 289 g/mol. The highest BCUT2D eigenvalue weighted by molar-refractivity contribution is 9.10. The molecule has 2 aromatic heterocycles. The molecule has 3 rings (SSSR count). The maximum absolute atomic E-state index is 11.0. The molecule has 0 saturated heterocycles. The maximum Gasteiger partial charge on any atom is 0.168 e. The number of hydrogen-bond acceptors (Lipinski definition) is 2. The van der Waals surface area contributed by atoms with Crippen molar-refractivity contribution >= 4 is 38.8 Å². The minimum Gasteiger partial charge on any atom is -0.296 e. The molecule has 0 unspecified atom stereocenters. The Morgan fingerprint density at radius 1 is 1.35 bits per heavy atom. The van der Waals surface area contributed by atoms with Crippen LogP contribution in [0.1, 0.15) is 16.1 Å². The van der Waals surface area contributed by atoms with Crippen LogP contribution in [-0.2, 0) is 0 Å². The van der Waals surface area contributed by atoms with Crippen LogP contribution in [0.3, 0.4) is 0 Å². The second-order valence-electron chi connectivity index (χ2n) is 3.98. The maximum atomic E-state index is 11.0. The molecule has 0 aliphatic carbocycles. The number of pyridine rings is 1. The highest BCUT2D eigenvalue weighted by Gasteiger charge is 2.08. The van der Waals surface area contributed by atoms with E-state index in [4.69, 9.17) is 0 Å². The number of carbonyl (C=O) groups is 1. The molecule has 2 heterocycles. The topological polar surface area (TPSA) is 34.4 Å². The van der Waals surface area contributed by atoms with E-state index in [1.807, 2.05) is 29.5 Å². The molecule has 17 heavy (non-hydrogen) atoms. The molecule has 4 heteroatoms. The lowest BCUT2D eigenvalue weighted by molar-refractivity contribution is 0.111. The van der Waals surface area contributed by atoms with Crippen LogP contribution in [0.25, 0.3) is 16.6 Å². The lowest BCUT2D eigenvalue weighted by Gasteiger charge is -2.07. The van der Waals surface area contributed by atoms with Crippen molar-refractivity contribution in [3.8, 4) is 0 Å². The van der Waals surface area contributed by atoms with Gasteiger partial charge in [0.1, 0.15) is 11.3 Å². The van der Waals surface area contributed by atoms with Crippen molar-refractivity contribution in [2.24, 2.45) is 0 Å². The van der Waals surface area contributed by atoms with Gasteiger partial charge < -0.3 is 0 Å². The smallest absolute Gasteiger partial charge is 0.168 e. The molecule has 0 aliphatic heterocycles. The number of benzene rings is 1. The van der Waals surface area contributed by atoms with Gasteiger partial charge in [-0.3, -0.25) is 9.20 Å². The standard InChI is InChI=1S/C13H9BrN2O/c1-8-4-13-15-6-10(7-17)16(13)12-3-2-9(14)5-11(8)12/h2-7H,1H3. The van der Waals surface area contributed by atoms with Gasteiger partial charge in [0.25, 0.3) is 0 Å². The zero-order chi connectivity index (χ0) is 12.0. The van der Waals surface area contributed by atoms with Crippen LogP contribution in [0.4, 0.5) is 0 Å². The first-order valence-corrected chi connectivity index (χ1v) is 6.01. The fourth-order valence-electron chi connectivity index (χ4n) is 2.12. The number of carbonyl (C=O) groups excluding carboxylic acids is 1. The summed E-state index contributed by atoms with van der Waals surface area (Å²) >= 11 is 3.46. The van der Waals surface area contributed by atoms with Gasteiger partial charge in [-0.2, -0.15) is 0 Å². The third-order valence-corrected chi connectivity index (χ3v) is 3.40. The Morgan fingerprint density at radius 2 is 2.18 bits per heavy atom. The highest BCUT2D eigenvalue weighted by Crippen LogP contribution is 2.25. The lowest BCUT2D eigenvalue weighted by atomic mass is 10.1. The molecule has 0 atom stereocenters. The number of aryl methyl sites for hydroxylation is 1. The van der Waals surface area contributed by atoms with E-state index in [1.165, 1.54) is 0 Å². The van der Waals surface area contributed by atoms with Crippen LogP contribution in [0.2, 0.25) is 0 Å². The van der Waals surface area contributed by atoms with Crippen molar-refractivity contribution in [3.05, 3.63) is 46.2 Å². The first kappa shape index (κ1) is 10.5. The first-order valence-electron chi connectivity index (χ1n) is 5.22. The van der Waals surface area contributed by atoms with Gasteiger partial charge in [-0.15, -0.1) is 0 Å². The predicted molar refractivity (Wildman–Crippen MR) is 70.5 cm³/mol. The summed E-state index contributed by atoms with van der Waals surface area (Å²) in [6.45, 7) is 2.05. The van der Waals surface area contributed by atoms with Gasteiger partial charge in [-0.1, -0.05) is 15.9 Å². The van der Waals surface area contributed by atoms with Crippen molar-refractivity contribution in [3.63, 3.8) is 0 Å². The number of fused-ring (bicyclic) bond motifs is 3. The zero-order valence-electron chi connectivity index (χ0n) is 9.14. The quantitative estimate of drug-likeness (QED) is 0.644. The molecular weight excluding hydrogens is 280 g/mol. The normalized spacial score (nSPS) is 11.2. The number of aldehydes is 1. The van der Waals surface area contributed by atoms with Crippen LogP contribution in [0.5, 0.6) is 0 Å². The van der Waals surface area contributed by atoms with E-state index in [0.717, 1.165) is 32.9 Å². The molecule has 1 aromatic carbocycles. The molecule has 0 spiro atoms. The van der Waals surface area contributed by atoms with Crippen molar-refractivity contribution < 1.29 is 4.79 Å². The fraction of sp³-hybridized carbons (Fsp3) is 0.0769. The molecule has 3 aromatic rings. The monoisotopic (exact) mass is 288 g/mol. The SMILES string of the molecule is Cc1cc2ncc(C=O)n2c2ccc(Br)cc12. The fourth-order valence-corrected chi connectivity index (χ4v) is 2.48. The van der Waals surface area contributed by atoms with Gasteiger partial charge in [-0.25, -0.2) is 4.98 Å². The summed E-state index contributed by atoms with van der Waals surface area (Å²) in [7, 11) is 0. The summed E-state index contributed by atoms with van der Waals surface area (Å²) in [5.41, 5.74) is 3.53. The van der Waals surface area contributed by atoms with Crippen molar-refractivity contribution in [2.75, 3.05) is 0 Å². The van der Waals surface area contributed by atoms with Gasteiger partial charge >= 0.3 is 0 Å². The zero-order valence-corrected chi connectivity index (χ0v) is 10.7. The average Bonchev–Trinajstić information content (AvgIpc) is 2.72. The Hall–Kier alpha value is -1.68. The molecule has 0 bridgehead atoms. The minimum atomic E-state index is 0.576. The number of halogens is 1. The molecular formula is C13H9BrN2O. The van der Waals surface area contributed by atoms with E-state index in [2.05, 4.69) is 27.0 Å². The first-order chi connectivity index (χ1) is 8.20. The third-order valence-electron chi connectivity index (χ3n) is 2.91. The number of imidazole rings is 1. The van der Waals surface area contributed by atoms with Crippen molar-refractivity contribution in [1.29, 1.82) is 0 Å². The van der Waals surface area contributed by atoms with Gasteiger partial charge in [0.05, 0.1) is 11.7 Å². The largest absolute Gasteiger partial charge is 0.296 e. The van der Waals surface area contributed by atoms with Gasteiger partial charge in [0, 0.05) is 9.86 Å². The number of nitrogens with zero attached hydrogens (tertiary/aromatic N) is 2. The predicted octanol–water partition coefficient (Wildman–Crippen LogP) is 3.37. The van der Waals surface area contributed by atoms with Crippen LogP contribution >= 0.6 is 15.9 Å². The van der Waals surface area contributed by atoms with Crippen molar-refractivity contribution in [1.82, 2.24) is 9.38 Å². The molecule has 0 radical (unpaired) electrons. The Bertz CT molecular complexity index is 746. The molecule has 84 valence electrons. The molecule has 0 fully saturated rings. The van der Waals surface area contributed by atoms with Crippen molar-refractivity contribution in [2.45, 2.75) is 6.92 Å². The second kappa shape index (κ2) is 3.67. The van der Waals surface area contributed by atoms with Crippen LogP contribution in [-0.4, -0.2) is 15.7 Å². The van der Waals surface area contributed by atoms with E-state index < -0.39 is 0 Å². The van der Waals surface area contributed by atoms with E-state index in [-0.39, 0.29) is 0 Å². The Kier molecular flexibility index (Phi) is 2.26. The number of hydrogen-bond donors (Lipinski definition) is 0. The summed E-state index contributed by atoms with van der Waals surface area (Å²) in [6, 6.07) is 8.00. The molecule has 0 amide bonds.